The maximum atomic E-state index is 13.2. The lowest BCUT2D eigenvalue weighted by atomic mass is 10.1. The van der Waals surface area contributed by atoms with Crippen molar-refractivity contribution in [3.8, 4) is 5.75 Å². The first-order chi connectivity index (χ1) is 11.6. The standard InChI is InChI=1S/C17H13FN2O4/c1-23-14-7-2-4-10-8-13(17(20-22)24-15(10)14)16(21)19-12-6-3-5-11(18)9-12/h2-9,22H,1H3,(H,19,21)/b20-17-. The van der Waals surface area contributed by atoms with Crippen LogP contribution in [0.5, 0.6) is 5.75 Å². The lowest BCUT2D eigenvalue weighted by Gasteiger charge is -2.08. The predicted octanol–water partition coefficient (Wildman–Crippen LogP) is 3.12. The van der Waals surface area contributed by atoms with E-state index >= 15 is 0 Å². The lowest BCUT2D eigenvalue weighted by Crippen LogP contribution is -2.21. The lowest BCUT2D eigenvalue weighted by molar-refractivity contribution is 0.102. The summed E-state index contributed by atoms with van der Waals surface area (Å²) in [4.78, 5) is 12.4. The summed E-state index contributed by atoms with van der Waals surface area (Å²) in [5.74, 6) is -0.635. The molecule has 0 saturated carbocycles. The van der Waals surface area contributed by atoms with Crippen LogP contribution in [-0.4, -0.2) is 18.2 Å². The van der Waals surface area contributed by atoms with Crippen LogP contribution < -0.4 is 15.6 Å². The molecule has 3 aromatic rings. The van der Waals surface area contributed by atoms with E-state index in [1.165, 1.54) is 37.4 Å². The zero-order chi connectivity index (χ0) is 17.1. The molecule has 1 amide bonds. The van der Waals surface area contributed by atoms with Crippen LogP contribution in [0.2, 0.25) is 0 Å². The molecule has 3 rings (SSSR count). The van der Waals surface area contributed by atoms with Crippen LogP contribution in [0.15, 0.2) is 58.1 Å². The van der Waals surface area contributed by atoms with Crippen molar-refractivity contribution in [1.82, 2.24) is 0 Å². The fraction of sp³-hybridized carbons (Fsp3) is 0.0588. The van der Waals surface area contributed by atoms with Gasteiger partial charge in [-0.2, -0.15) is 0 Å². The molecular weight excluding hydrogens is 315 g/mol. The molecule has 122 valence electrons. The maximum absolute atomic E-state index is 13.2. The highest BCUT2D eigenvalue weighted by atomic mass is 19.1. The van der Waals surface area contributed by atoms with Gasteiger partial charge in [-0.05, 0) is 35.5 Å². The van der Waals surface area contributed by atoms with Crippen molar-refractivity contribution in [3.05, 3.63) is 65.5 Å². The van der Waals surface area contributed by atoms with E-state index in [1.807, 2.05) is 0 Å². The Morgan fingerprint density at radius 3 is 2.75 bits per heavy atom. The Kier molecular flexibility index (Phi) is 4.15. The summed E-state index contributed by atoms with van der Waals surface area (Å²) in [5.41, 5.74) is 0.341. The van der Waals surface area contributed by atoms with Crippen molar-refractivity contribution in [2.24, 2.45) is 5.16 Å². The predicted molar refractivity (Wildman–Crippen MR) is 84.5 cm³/mol. The van der Waals surface area contributed by atoms with E-state index < -0.39 is 11.7 Å². The molecule has 0 fully saturated rings. The number of rotatable bonds is 3. The fourth-order valence-corrected chi connectivity index (χ4v) is 2.29. The number of para-hydroxylation sites is 1. The van der Waals surface area contributed by atoms with Gasteiger partial charge in [0.05, 0.1) is 7.11 Å². The van der Waals surface area contributed by atoms with E-state index in [0.717, 1.165) is 0 Å². The van der Waals surface area contributed by atoms with E-state index in [1.54, 1.807) is 18.2 Å². The third-order valence-corrected chi connectivity index (χ3v) is 3.38. The first-order valence-electron chi connectivity index (χ1n) is 6.98. The normalized spacial score (nSPS) is 11.5. The van der Waals surface area contributed by atoms with Gasteiger partial charge in [0.25, 0.3) is 11.5 Å². The van der Waals surface area contributed by atoms with Crippen LogP contribution >= 0.6 is 0 Å². The smallest absolute Gasteiger partial charge is 0.268 e. The van der Waals surface area contributed by atoms with Gasteiger partial charge in [0, 0.05) is 11.1 Å². The number of hydrogen-bond donors (Lipinski definition) is 2. The minimum Gasteiger partial charge on any atom is -0.493 e. The molecule has 2 aromatic carbocycles. The average Bonchev–Trinajstić information content (AvgIpc) is 2.59. The molecule has 0 aliphatic carbocycles. The molecule has 0 saturated heterocycles. The monoisotopic (exact) mass is 328 g/mol. The summed E-state index contributed by atoms with van der Waals surface area (Å²) in [6, 6.07) is 12.1. The summed E-state index contributed by atoms with van der Waals surface area (Å²) in [6.45, 7) is 0. The van der Waals surface area contributed by atoms with Crippen molar-refractivity contribution >= 4 is 22.6 Å². The van der Waals surface area contributed by atoms with Crippen molar-refractivity contribution in [2.75, 3.05) is 12.4 Å². The van der Waals surface area contributed by atoms with Gasteiger partial charge in [0.2, 0.25) is 0 Å². The second-order valence-corrected chi connectivity index (χ2v) is 4.91. The van der Waals surface area contributed by atoms with Gasteiger partial charge in [-0.3, -0.25) is 4.79 Å². The summed E-state index contributed by atoms with van der Waals surface area (Å²) in [7, 11) is 1.48. The Morgan fingerprint density at radius 2 is 2.04 bits per heavy atom. The molecule has 0 radical (unpaired) electrons. The van der Waals surface area contributed by atoms with Crippen molar-refractivity contribution in [3.63, 3.8) is 0 Å². The number of carbonyl (C=O) groups excluding carboxylic acids is 1. The molecule has 0 spiro atoms. The molecule has 1 aromatic heterocycles. The Morgan fingerprint density at radius 1 is 1.25 bits per heavy atom. The SMILES string of the molecule is COc1cccc2cc(C(=O)Nc3cccc(F)c3)/c(=N/O)oc12. The minimum atomic E-state index is -0.595. The second-order valence-electron chi connectivity index (χ2n) is 4.91. The van der Waals surface area contributed by atoms with Crippen molar-refractivity contribution < 1.29 is 23.5 Å². The maximum Gasteiger partial charge on any atom is 0.268 e. The molecule has 2 N–H and O–H groups in total. The summed E-state index contributed by atoms with van der Waals surface area (Å²) in [6.07, 6.45) is 0. The van der Waals surface area contributed by atoms with Crippen LogP contribution in [-0.2, 0) is 0 Å². The van der Waals surface area contributed by atoms with Crippen LogP contribution in [0.3, 0.4) is 0 Å². The number of nitrogens with zero attached hydrogens (tertiary/aromatic N) is 1. The van der Waals surface area contributed by atoms with Gasteiger partial charge in [0.15, 0.2) is 11.3 Å². The van der Waals surface area contributed by atoms with Crippen LogP contribution in [0.1, 0.15) is 10.4 Å². The van der Waals surface area contributed by atoms with Gasteiger partial charge in [-0.15, -0.1) is 0 Å². The molecule has 0 unspecified atom stereocenters. The summed E-state index contributed by atoms with van der Waals surface area (Å²) < 4.78 is 23.9. The number of fused-ring (bicyclic) bond motifs is 1. The fourth-order valence-electron chi connectivity index (χ4n) is 2.29. The Balaban J connectivity index is 2.07. The first-order valence-corrected chi connectivity index (χ1v) is 6.98. The number of methoxy groups -OCH3 is 1. The highest BCUT2D eigenvalue weighted by molar-refractivity contribution is 6.05. The van der Waals surface area contributed by atoms with E-state index in [-0.39, 0.29) is 16.8 Å². The van der Waals surface area contributed by atoms with Crippen LogP contribution in [0.25, 0.3) is 11.0 Å². The van der Waals surface area contributed by atoms with Gasteiger partial charge >= 0.3 is 0 Å². The Bertz CT molecular complexity index is 982. The number of hydrogen-bond acceptors (Lipinski definition) is 5. The van der Waals surface area contributed by atoms with Gasteiger partial charge in [-0.25, -0.2) is 4.39 Å². The summed E-state index contributed by atoms with van der Waals surface area (Å²) in [5, 5.41) is 15.3. The van der Waals surface area contributed by atoms with Crippen molar-refractivity contribution in [1.29, 1.82) is 0 Å². The van der Waals surface area contributed by atoms with Gasteiger partial charge in [-0.1, -0.05) is 18.2 Å². The molecule has 0 atom stereocenters. The number of halogens is 1. The molecule has 6 nitrogen and oxygen atoms in total. The zero-order valence-electron chi connectivity index (χ0n) is 12.6. The molecule has 0 aliphatic heterocycles. The van der Waals surface area contributed by atoms with Gasteiger partial charge in [0.1, 0.15) is 11.4 Å². The highest BCUT2D eigenvalue weighted by Gasteiger charge is 2.15. The average molecular weight is 328 g/mol. The highest BCUT2D eigenvalue weighted by Crippen LogP contribution is 2.24. The van der Waals surface area contributed by atoms with E-state index in [9.17, 15) is 9.18 Å². The second kappa shape index (κ2) is 6.41. The number of anilines is 1. The van der Waals surface area contributed by atoms with Crippen LogP contribution in [0, 0.1) is 5.82 Å². The number of nitrogens with one attached hydrogen (secondary N) is 1. The molecule has 1 heterocycles. The number of carbonyl (C=O) groups is 1. The largest absolute Gasteiger partial charge is 0.493 e. The minimum absolute atomic E-state index is 0.00233. The quantitative estimate of drug-likeness (QED) is 0.571. The third-order valence-electron chi connectivity index (χ3n) is 3.38. The molecule has 7 heteroatoms. The summed E-state index contributed by atoms with van der Waals surface area (Å²) >= 11 is 0. The van der Waals surface area contributed by atoms with Crippen LogP contribution in [0.4, 0.5) is 10.1 Å². The molecule has 24 heavy (non-hydrogen) atoms. The molecule has 0 aliphatic rings. The molecular formula is C17H13FN2O4. The topological polar surface area (TPSA) is 84.1 Å². The van der Waals surface area contributed by atoms with Gasteiger partial charge < -0.3 is 19.7 Å². The molecule has 0 bridgehead atoms. The third kappa shape index (κ3) is 2.91. The number of benzene rings is 2. The number of ether oxygens (including phenoxy) is 1. The Labute approximate surface area is 135 Å². The number of amides is 1. The van der Waals surface area contributed by atoms with Crippen molar-refractivity contribution in [2.45, 2.75) is 0 Å². The van der Waals surface area contributed by atoms with E-state index in [4.69, 9.17) is 14.4 Å². The van der Waals surface area contributed by atoms with E-state index in [0.29, 0.717) is 16.7 Å². The van der Waals surface area contributed by atoms with E-state index in [2.05, 4.69) is 10.5 Å². The Hall–Kier alpha value is -3.35. The zero-order valence-corrected chi connectivity index (χ0v) is 12.6. The first kappa shape index (κ1) is 15.5.